The first-order valence-electron chi connectivity index (χ1n) is 6.47. The van der Waals surface area contributed by atoms with Crippen LogP contribution in [0.15, 0.2) is 12.7 Å². The van der Waals surface area contributed by atoms with E-state index in [0.717, 1.165) is 19.3 Å². The summed E-state index contributed by atoms with van der Waals surface area (Å²) in [6.45, 7) is 6.11. The Kier molecular flexibility index (Phi) is 6.32. The van der Waals surface area contributed by atoms with Crippen molar-refractivity contribution in [2.24, 2.45) is 11.7 Å². The summed E-state index contributed by atoms with van der Waals surface area (Å²) in [6.07, 6.45) is 3.70. The third-order valence-corrected chi connectivity index (χ3v) is 3.34. The Balaban J connectivity index is 2.28. The molecule has 0 spiro atoms. The van der Waals surface area contributed by atoms with Gasteiger partial charge in [-0.15, -0.1) is 6.58 Å². The molecule has 104 valence electrons. The average molecular weight is 256 g/mol. The van der Waals surface area contributed by atoms with Crippen LogP contribution in [0.1, 0.15) is 26.2 Å². The summed E-state index contributed by atoms with van der Waals surface area (Å²) in [5.74, 6) is 0.0324. The zero-order valence-corrected chi connectivity index (χ0v) is 11.0. The molecule has 4 N–H and O–H groups in total. The third-order valence-electron chi connectivity index (χ3n) is 3.34. The second kappa shape index (κ2) is 7.51. The van der Waals surface area contributed by atoms with E-state index in [1.165, 1.54) is 0 Å². The predicted octanol–water partition coefficient (Wildman–Crippen LogP) is 0.182. The minimum atomic E-state index is -0.646. The fourth-order valence-electron chi connectivity index (χ4n) is 2.17. The van der Waals surface area contributed by atoms with Gasteiger partial charge in [0.25, 0.3) is 0 Å². The molecule has 1 amide bonds. The molecule has 0 aromatic carbocycles. The lowest BCUT2D eigenvalue weighted by Crippen LogP contribution is -2.49. The van der Waals surface area contributed by atoms with Crippen molar-refractivity contribution in [3.63, 3.8) is 0 Å². The van der Waals surface area contributed by atoms with Gasteiger partial charge < -0.3 is 20.9 Å². The van der Waals surface area contributed by atoms with Crippen LogP contribution in [0, 0.1) is 5.92 Å². The van der Waals surface area contributed by atoms with Crippen molar-refractivity contribution in [3.8, 4) is 0 Å². The molecule has 0 radical (unpaired) electrons. The van der Waals surface area contributed by atoms with Crippen molar-refractivity contribution in [3.05, 3.63) is 12.7 Å². The second-order valence-electron chi connectivity index (χ2n) is 5.00. The van der Waals surface area contributed by atoms with Crippen LogP contribution >= 0.6 is 0 Å². The van der Waals surface area contributed by atoms with Gasteiger partial charge in [0.1, 0.15) is 6.04 Å². The van der Waals surface area contributed by atoms with Gasteiger partial charge in [0, 0.05) is 6.04 Å². The molecule has 1 rings (SSSR count). The summed E-state index contributed by atoms with van der Waals surface area (Å²) in [5, 5.41) is 12.5. The zero-order chi connectivity index (χ0) is 13.5. The van der Waals surface area contributed by atoms with Crippen molar-refractivity contribution in [1.29, 1.82) is 0 Å². The molecular weight excluding hydrogens is 232 g/mol. The summed E-state index contributed by atoms with van der Waals surface area (Å²) >= 11 is 0. The second-order valence-corrected chi connectivity index (χ2v) is 5.00. The Morgan fingerprint density at radius 1 is 1.67 bits per heavy atom. The van der Waals surface area contributed by atoms with Crippen LogP contribution in [-0.4, -0.2) is 42.4 Å². The minimum Gasteiger partial charge on any atom is -0.393 e. The van der Waals surface area contributed by atoms with Gasteiger partial charge in [-0.25, -0.2) is 0 Å². The fourth-order valence-corrected chi connectivity index (χ4v) is 2.17. The Hall–Kier alpha value is -0.910. The average Bonchev–Trinajstić information content (AvgIpc) is 2.34. The first-order chi connectivity index (χ1) is 8.54. The van der Waals surface area contributed by atoms with Crippen LogP contribution in [0.4, 0.5) is 0 Å². The number of aliphatic hydroxyl groups is 1. The van der Waals surface area contributed by atoms with E-state index in [2.05, 4.69) is 11.9 Å². The minimum absolute atomic E-state index is 0.112. The Bertz CT molecular complexity index is 283. The van der Waals surface area contributed by atoms with Gasteiger partial charge in [0.2, 0.25) is 5.91 Å². The highest BCUT2D eigenvalue weighted by Crippen LogP contribution is 2.24. The van der Waals surface area contributed by atoms with Gasteiger partial charge in [0.05, 0.1) is 19.3 Å². The molecule has 1 aliphatic carbocycles. The number of hydrogen-bond donors (Lipinski definition) is 3. The normalized spacial score (nSPS) is 29.6. The number of hydrogen-bond acceptors (Lipinski definition) is 4. The summed E-state index contributed by atoms with van der Waals surface area (Å²) in [6, 6.07) is -0.534. The lowest BCUT2D eigenvalue weighted by atomic mass is 9.84. The first kappa shape index (κ1) is 15.1. The van der Waals surface area contributed by atoms with Crippen molar-refractivity contribution < 1.29 is 14.6 Å². The van der Waals surface area contributed by atoms with E-state index >= 15 is 0 Å². The number of nitrogens with one attached hydrogen (secondary N) is 1. The molecule has 0 aromatic heterocycles. The molecule has 0 bridgehead atoms. The molecule has 4 atom stereocenters. The fraction of sp³-hybridized carbons (Fsp3) is 0.769. The molecule has 1 fully saturated rings. The van der Waals surface area contributed by atoms with Crippen molar-refractivity contribution >= 4 is 5.91 Å². The predicted molar refractivity (Wildman–Crippen MR) is 69.9 cm³/mol. The van der Waals surface area contributed by atoms with E-state index in [9.17, 15) is 9.90 Å². The van der Waals surface area contributed by atoms with Crippen LogP contribution < -0.4 is 11.1 Å². The zero-order valence-electron chi connectivity index (χ0n) is 11.0. The number of aliphatic hydroxyl groups excluding tert-OH is 1. The van der Waals surface area contributed by atoms with Gasteiger partial charge >= 0.3 is 0 Å². The van der Waals surface area contributed by atoms with Crippen molar-refractivity contribution in [2.45, 2.75) is 44.4 Å². The maximum atomic E-state index is 11.8. The number of amides is 1. The smallest absolute Gasteiger partial charge is 0.239 e. The quantitative estimate of drug-likeness (QED) is 0.467. The number of rotatable bonds is 6. The Labute approximate surface area is 108 Å². The molecule has 18 heavy (non-hydrogen) atoms. The molecule has 0 aliphatic heterocycles. The van der Waals surface area contributed by atoms with Crippen LogP contribution in [0.2, 0.25) is 0 Å². The highest BCUT2D eigenvalue weighted by atomic mass is 16.5. The molecule has 1 saturated carbocycles. The highest BCUT2D eigenvalue weighted by molar-refractivity contribution is 5.81. The SMILES string of the molecule is C=CCOCC(N)C(=O)NC1CCC(O)C(C)C1. The van der Waals surface area contributed by atoms with Crippen LogP contribution in [0.3, 0.4) is 0 Å². The van der Waals surface area contributed by atoms with Gasteiger partial charge in [0.15, 0.2) is 0 Å². The lowest BCUT2D eigenvalue weighted by Gasteiger charge is -2.32. The number of carbonyl (C=O) groups is 1. The van der Waals surface area contributed by atoms with Gasteiger partial charge in [-0.2, -0.15) is 0 Å². The van der Waals surface area contributed by atoms with E-state index in [4.69, 9.17) is 10.5 Å². The molecular formula is C13H24N2O3. The molecule has 0 heterocycles. The summed E-state index contributed by atoms with van der Waals surface area (Å²) in [7, 11) is 0. The number of carbonyl (C=O) groups excluding carboxylic acids is 1. The topological polar surface area (TPSA) is 84.6 Å². The maximum absolute atomic E-state index is 11.8. The van der Waals surface area contributed by atoms with E-state index in [1.807, 2.05) is 6.92 Å². The summed E-state index contributed by atoms with van der Waals surface area (Å²) < 4.78 is 5.15. The van der Waals surface area contributed by atoms with Crippen LogP contribution in [-0.2, 0) is 9.53 Å². The van der Waals surface area contributed by atoms with Gasteiger partial charge in [-0.1, -0.05) is 13.0 Å². The third kappa shape index (κ3) is 4.76. The van der Waals surface area contributed by atoms with Crippen molar-refractivity contribution in [1.82, 2.24) is 5.32 Å². The summed E-state index contributed by atoms with van der Waals surface area (Å²) in [4.78, 5) is 11.8. The summed E-state index contributed by atoms with van der Waals surface area (Å²) in [5.41, 5.74) is 5.72. The first-order valence-corrected chi connectivity index (χ1v) is 6.47. The number of nitrogens with two attached hydrogens (primary N) is 1. The molecule has 5 nitrogen and oxygen atoms in total. The molecule has 0 saturated heterocycles. The number of ether oxygens (including phenoxy) is 1. The van der Waals surface area contributed by atoms with E-state index in [1.54, 1.807) is 6.08 Å². The van der Waals surface area contributed by atoms with Gasteiger partial charge in [-0.05, 0) is 25.2 Å². The monoisotopic (exact) mass is 256 g/mol. The van der Waals surface area contributed by atoms with Crippen LogP contribution in [0.5, 0.6) is 0 Å². The molecule has 4 unspecified atom stereocenters. The van der Waals surface area contributed by atoms with Crippen molar-refractivity contribution in [2.75, 3.05) is 13.2 Å². The molecule has 0 aromatic rings. The molecule has 5 heteroatoms. The van der Waals surface area contributed by atoms with E-state index in [-0.39, 0.29) is 30.6 Å². The Morgan fingerprint density at radius 2 is 2.39 bits per heavy atom. The highest BCUT2D eigenvalue weighted by Gasteiger charge is 2.27. The van der Waals surface area contributed by atoms with E-state index < -0.39 is 6.04 Å². The Morgan fingerprint density at radius 3 is 3.00 bits per heavy atom. The lowest BCUT2D eigenvalue weighted by molar-refractivity contribution is -0.124. The molecule has 1 aliphatic rings. The van der Waals surface area contributed by atoms with Gasteiger partial charge in [-0.3, -0.25) is 4.79 Å². The maximum Gasteiger partial charge on any atom is 0.239 e. The van der Waals surface area contributed by atoms with E-state index in [0.29, 0.717) is 6.61 Å². The standard InChI is InChI=1S/C13H24N2O3/c1-3-6-18-8-11(14)13(17)15-10-4-5-12(16)9(2)7-10/h3,9-12,16H,1,4-8,14H2,2H3,(H,15,17). The largest absolute Gasteiger partial charge is 0.393 e. The van der Waals surface area contributed by atoms with Crippen LogP contribution in [0.25, 0.3) is 0 Å².